The van der Waals surface area contributed by atoms with Crippen molar-refractivity contribution in [1.82, 2.24) is 9.97 Å². The lowest BCUT2D eigenvalue weighted by atomic mass is 10.2. The van der Waals surface area contributed by atoms with Crippen molar-refractivity contribution < 1.29 is 13.2 Å². The summed E-state index contributed by atoms with van der Waals surface area (Å²) in [5.41, 5.74) is 3.58. The van der Waals surface area contributed by atoms with Gasteiger partial charge in [-0.05, 0) is 42.5 Å². The molecule has 2 aromatic carbocycles. The lowest BCUT2D eigenvalue weighted by Gasteiger charge is -2.08. The van der Waals surface area contributed by atoms with Gasteiger partial charge < -0.3 is 5.32 Å². The van der Waals surface area contributed by atoms with E-state index in [1.54, 1.807) is 41.2 Å². The van der Waals surface area contributed by atoms with Crippen molar-refractivity contribution >= 4 is 59.6 Å². The molecule has 0 radical (unpaired) electrons. The number of hydrogen-bond acceptors (Lipinski definition) is 7. The lowest BCUT2D eigenvalue weighted by Crippen LogP contribution is -2.14. The van der Waals surface area contributed by atoms with Crippen LogP contribution in [0.1, 0.15) is 10.4 Å². The zero-order valence-corrected chi connectivity index (χ0v) is 16.1. The van der Waals surface area contributed by atoms with E-state index in [1.165, 1.54) is 41.0 Å². The van der Waals surface area contributed by atoms with Gasteiger partial charge in [0.05, 0.1) is 20.6 Å². The number of carbonyl (C=O) groups excluding carboxylic acids is 1. The average molecular weight is 417 g/mol. The molecule has 2 N–H and O–H groups in total. The zero-order valence-electron chi connectivity index (χ0n) is 13.6. The Morgan fingerprint density at radius 2 is 1.81 bits per heavy atom. The summed E-state index contributed by atoms with van der Waals surface area (Å²) in [6.07, 6.45) is 1.52. The molecule has 0 unspecified atom stereocenters. The van der Waals surface area contributed by atoms with Crippen molar-refractivity contribution in [2.75, 3.05) is 10.0 Å². The number of fused-ring (bicyclic) bond motifs is 1. The van der Waals surface area contributed by atoms with Gasteiger partial charge in [0.15, 0.2) is 5.13 Å². The molecule has 0 fully saturated rings. The predicted octanol–water partition coefficient (Wildman–Crippen LogP) is 3.81. The Morgan fingerprint density at radius 3 is 2.56 bits per heavy atom. The maximum atomic E-state index is 12.4. The summed E-state index contributed by atoms with van der Waals surface area (Å²) < 4.78 is 28.0. The summed E-state index contributed by atoms with van der Waals surface area (Å²) in [6.45, 7) is 0. The van der Waals surface area contributed by atoms with Crippen LogP contribution in [0.2, 0.25) is 0 Å². The van der Waals surface area contributed by atoms with Crippen LogP contribution < -0.4 is 10.0 Å². The van der Waals surface area contributed by atoms with Gasteiger partial charge in [-0.1, -0.05) is 0 Å². The zero-order chi connectivity index (χ0) is 18.9. The van der Waals surface area contributed by atoms with Gasteiger partial charge in [-0.15, -0.1) is 22.7 Å². The van der Waals surface area contributed by atoms with Crippen LogP contribution in [0.4, 0.5) is 10.8 Å². The summed E-state index contributed by atoms with van der Waals surface area (Å²) in [6, 6.07) is 11.2. The molecule has 0 saturated carbocycles. The Balaban J connectivity index is 1.49. The highest BCUT2D eigenvalue weighted by molar-refractivity contribution is 7.93. The smallest absolute Gasteiger partial charge is 0.263 e. The maximum Gasteiger partial charge on any atom is 0.263 e. The fraction of sp³-hybridized carbons (Fsp3) is 0. The Bertz CT molecular complexity index is 1200. The second kappa shape index (κ2) is 7.06. The van der Waals surface area contributed by atoms with Gasteiger partial charge in [0.2, 0.25) is 0 Å². The number of carbonyl (C=O) groups is 1. The predicted molar refractivity (Wildman–Crippen MR) is 107 cm³/mol. The first-order chi connectivity index (χ1) is 13.0. The van der Waals surface area contributed by atoms with Crippen molar-refractivity contribution in [2.24, 2.45) is 0 Å². The highest BCUT2D eigenvalue weighted by Crippen LogP contribution is 2.22. The average Bonchev–Trinajstić information content (AvgIpc) is 3.32. The molecule has 0 bridgehead atoms. The number of amides is 1. The van der Waals surface area contributed by atoms with Gasteiger partial charge in [0, 0.05) is 22.8 Å². The number of rotatable bonds is 5. The summed E-state index contributed by atoms with van der Waals surface area (Å²) in [5.74, 6) is -0.276. The number of nitrogens with one attached hydrogen (secondary N) is 2. The van der Waals surface area contributed by atoms with Gasteiger partial charge in [0.1, 0.15) is 0 Å². The van der Waals surface area contributed by atoms with Crippen molar-refractivity contribution in [3.05, 3.63) is 65.1 Å². The number of nitrogens with zero attached hydrogens (tertiary/aromatic N) is 2. The summed E-state index contributed by atoms with van der Waals surface area (Å²) in [4.78, 5) is 20.6. The topological polar surface area (TPSA) is 101 Å². The summed E-state index contributed by atoms with van der Waals surface area (Å²) >= 11 is 2.66. The van der Waals surface area contributed by atoms with Crippen molar-refractivity contribution in [3.8, 4) is 0 Å². The van der Waals surface area contributed by atoms with Crippen LogP contribution >= 0.6 is 22.7 Å². The molecule has 0 atom stereocenters. The van der Waals surface area contributed by atoms with E-state index in [0.29, 0.717) is 16.4 Å². The van der Waals surface area contributed by atoms with Gasteiger partial charge in [-0.25, -0.2) is 18.4 Å². The standard InChI is InChI=1S/C17H12N4O3S3/c22-16(11-1-6-14-15(9-11)26-10-19-14)20-12-2-4-13(5-3-12)27(23,24)21-17-18-7-8-25-17/h1-10H,(H,18,21)(H,20,22). The van der Waals surface area contributed by atoms with Crippen molar-refractivity contribution in [3.63, 3.8) is 0 Å². The van der Waals surface area contributed by atoms with E-state index >= 15 is 0 Å². The molecule has 2 aromatic heterocycles. The number of thiazole rings is 2. The third kappa shape index (κ3) is 3.82. The normalized spacial score (nSPS) is 11.4. The molecule has 0 aliphatic carbocycles. The molecule has 27 heavy (non-hydrogen) atoms. The fourth-order valence-corrected chi connectivity index (χ4v) is 4.87. The second-order valence-electron chi connectivity index (χ2n) is 5.46. The van der Waals surface area contributed by atoms with E-state index in [-0.39, 0.29) is 10.8 Å². The van der Waals surface area contributed by atoms with E-state index in [2.05, 4.69) is 20.0 Å². The van der Waals surface area contributed by atoms with Crippen LogP contribution in [0.25, 0.3) is 10.2 Å². The van der Waals surface area contributed by atoms with Crippen LogP contribution in [0.15, 0.2) is 64.4 Å². The van der Waals surface area contributed by atoms with E-state index < -0.39 is 10.0 Å². The minimum absolute atomic E-state index is 0.0850. The molecule has 0 aliphatic rings. The number of hydrogen-bond donors (Lipinski definition) is 2. The monoisotopic (exact) mass is 416 g/mol. The van der Waals surface area contributed by atoms with Crippen LogP contribution in [0.3, 0.4) is 0 Å². The Hall–Kier alpha value is -2.82. The first-order valence-electron chi connectivity index (χ1n) is 7.68. The SMILES string of the molecule is O=C(Nc1ccc(S(=O)(=O)Nc2nccs2)cc1)c1ccc2ncsc2c1. The molecule has 4 rings (SSSR count). The maximum absolute atomic E-state index is 12.4. The fourth-order valence-electron chi connectivity index (χ4n) is 2.36. The molecule has 4 aromatic rings. The number of benzene rings is 2. The molecule has 0 spiro atoms. The quantitative estimate of drug-likeness (QED) is 0.515. The van der Waals surface area contributed by atoms with Crippen LogP contribution in [0.5, 0.6) is 0 Å². The van der Waals surface area contributed by atoms with Crippen molar-refractivity contribution in [1.29, 1.82) is 0 Å². The third-order valence-electron chi connectivity index (χ3n) is 3.67. The number of aromatic nitrogens is 2. The van der Waals surface area contributed by atoms with E-state index in [4.69, 9.17) is 0 Å². The Kier molecular flexibility index (Phi) is 4.60. The molecule has 0 saturated heterocycles. The number of sulfonamides is 1. The minimum Gasteiger partial charge on any atom is -0.322 e. The molecule has 7 nitrogen and oxygen atoms in total. The largest absolute Gasteiger partial charge is 0.322 e. The molecular formula is C17H12N4O3S3. The van der Waals surface area contributed by atoms with E-state index in [0.717, 1.165) is 10.2 Å². The molecule has 1 amide bonds. The Morgan fingerprint density at radius 1 is 1.00 bits per heavy atom. The molecule has 2 heterocycles. The molecular weight excluding hydrogens is 404 g/mol. The van der Waals surface area contributed by atoms with Gasteiger partial charge in [0.25, 0.3) is 15.9 Å². The lowest BCUT2D eigenvalue weighted by molar-refractivity contribution is 0.102. The second-order valence-corrected chi connectivity index (χ2v) is 8.92. The van der Waals surface area contributed by atoms with E-state index in [1.807, 2.05) is 0 Å². The Labute approximate surface area is 162 Å². The first-order valence-corrected chi connectivity index (χ1v) is 10.9. The van der Waals surface area contributed by atoms with Gasteiger partial charge >= 0.3 is 0 Å². The molecule has 0 aliphatic heterocycles. The van der Waals surface area contributed by atoms with Gasteiger partial charge in [-0.2, -0.15) is 0 Å². The van der Waals surface area contributed by atoms with Crippen LogP contribution in [0, 0.1) is 0 Å². The van der Waals surface area contributed by atoms with Crippen molar-refractivity contribution in [2.45, 2.75) is 4.90 Å². The van der Waals surface area contributed by atoms with Crippen LogP contribution in [-0.2, 0) is 10.0 Å². The van der Waals surface area contributed by atoms with E-state index in [9.17, 15) is 13.2 Å². The first kappa shape index (κ1) is 17.6. The molecule has 136 valence electrons. The third-order valence-corrected chi connectivity index (χ3v) is 6.63. The number of anilines is 2. The highest BCUT2D eigenvalue weighted by Gasteiger charge is 2.16. The minimum atomic E-state index is -3.72. The van der Waals surface area contributed by atoms with Gasteiger partial charge in [-0.3, -0.25) is 9.52 Å². The van der Waals surface area contributed by atoms with Crippen LogP contribution in [-0.4, -0.2) is 24.3 Å². The summed E-state index contributed by atoms with van der Waals surface area (Å²) in [5, 5.41) is 4.74. The molecule has 10 heteroatoms. The summed E-state index contributed by atoms with van der Waals surface area (Å²) in [7, 11) is -3.72. The highest BCUT2D eigenvalue weighted by atomic mass is 32.2.